The van der Waals surface area contributed by atoms with Gasteiger partial charge in [0, 0.05) is 11.4 Å². The second kappa shape index (κ2) is 4.55. The molecule has 5 nitrogen and oxygen atoms in total. The van der Waals surface area contributed by atoms with E-state index in [1.807, 2.05) is 26.0 Å². The minimum Gasteiger partial charge on any atom is -0.266 e. The lowest BCUT2D eigenvalue weighted by atomic mass is 10.4. The second-order valence-corrected chi connectivity index (χ2v) is 4.00. The maximum atomic E-state index is 11.9. The highest BCUT2D eigenvalue weighted by molar-refractivity contribution is 6.29. The molecule has 0 atom stereocenters. The molecule has 0 spiro atoms. The first kappa shape index (κ1) is 11.6. The van der Waals surface area contributed by atoms with Gasteiger partial charge in [0.25, 0.3) is 5.91 Å². The highest BCUT2D eigenvalue weighted by Crippen LogP contribution is 2.06. The summed E-state index contributed by atoms with van der Waals surface area (Å²) >= 11 is 5.60. The third-order valence-electron chi connectivity index (χ3n) is 2.34. The molecule has 0 saturated heterocycles. The number of hydrogen-bond donors (Lipinski definition) is 1. The van der Waals surface area contributed by atoms with Crippen LogP contribution in [0.5, 0.6) is 0 Å². The molecule has 17 heavy (non-hydrogen) atoms. The number of carbonyl (C=O) groups is 1. The molecule has 1 N–H and O–H groups in total. The lowest BCUT2D eigenvalue weighted by Gasteiger charge is -2.10. The van der Waals surface area contributed by atoms with E-state index < -0.39 is 0 Å². The molecule has 1 amide bonds. The van der Waals surface area contributed by atoms with Crippen LogP contribution in [0.4, 0.5) is 0 Å². The van der Waals surface area contributed by atoms with Crippen LogP contribution in [-0.2, 0) is 0 Å². The van der Waals surface area contributed by atoms with Crippen molar-refractivity contribution in [2.24, 2.45) is 0 Å². The van der Waals surface area contributed by atoms with Crippen LogP contribution in [0.3, 0.4) is 0 Å². The second-order valence-electron chi connectivity index (χ2n) is 3.62. The van der Waals surface area contributed by atoms with Crippen molar-refractivity contribution in [2.75, 3.05) is 5.43 Å². The van der Waals surface area contributed by atoms with E-state index in [2.05, 4.69) is 15.4 Å². The van der Waals surface area contributed by atoms with E-state index in [9.17, 15) is 4.79 Å². The fourth-order valence-corrected chi connectivity index (χ4v) is 1.53. The van der Waals surface area contributed by atoms with Gasteiger partial charge in [-0.2, -0.15) is 0 Å². The Bertz CT molecular complexity index is 528. The zero-order valence-electron chi connectivity index (χ0n) is 9.44. The van der Waals surface area contributed by atoms with Crippen molar-refractivity contribution in [3.05, 3.63) is 46.8 Å². The largest absolute Gasteiger partial charge is 0.290 e. The molecular formula is C11H11ClN4O. The fourth-order valence-electron chi connectivity index (χ4n) is 1.43. The van der Waals surface area contributed by atoms with Crippen LogP contribution in [0.25, 0.3) is 0 Å². The Balaban J connectivity index is 2.20. The average Bonchev–Trinajstić information content (AvgIpc) is 2.61. The van der Waals surface area contributed by atoms with E-state index >= 15 is 0 Å². The third kappa shape index (κ3) is 2.45. The van der Waals surface area contributed by atoms with Crippen LogP contribution in [0.1, 0.15) is 21.9 Å². The van der Waals surface area contributed by atoms with E-state index in [0.717, 1.165) is 11.4 Å². The van der Waals surface area contributed by atoms with Crippen molar-refractivity contribution >= 4 is 17.5 Å². The van der Waals surface area contributed by atoms with Crippen molar-refractivity contribution in [3.63, 3.8) is 0 Å². The molecule has 0 fully saturated rings. The minimum atomic E-state index is -0.323. The van der Waals surface area contributed by atoms with Crippen molar-refractivity contribution in [1.82, 2.24) is 14.6 Å². The predicted octanol–water partition coefficient (Wildman–Crippen LogP) is 1.93. The molecule has 88 valence electrons. The Morgan fingerprint density at radius 3 is 2.41 bits per heavy atom. The molecule has 0 aliphatic rings. The Hall–Kier alpha value is -1.88. The van der Waals surface area contributed by atoms with Crippen molar-refractivity contribution in [3.8, 4) is 0 Å². The number of halogens is 1. The minimum absolute atomic E-state index is 0.224. The normalized spacial score (nSPS) is 10.3. The smallest absolute Gasteiger partial charge is 0.266 e. The van der Waals surface area contributed by atoms with Gasteiger partial charge in [-0.05, 0) is 26.0 Å². The first-order valence-electron chi connectivity index (χ1n) is 5.02. The Morgan fingerprint density at radius 2 is 1.88 bits per heavy atom. The van der Waals surface area contributed by atoms with Crippen molar-refractivity contribution in [1.29, 1.82) is 0 Å². The molecule has 2 rings (SSSR count). The first-order chi connectivity index (χ1) is 8.08. The average molecular weight is 251 g/mol. The summed E-state index contributed by atoms with van der Waals surface area (Å²) in [5.74, 6) is -0.323. The summed E-state index contributed by atoms with van der Waals surface area (Å²) in [6.07, 6.45) is 2.68. The number of amides is 1. The van der Waals surface area contributed by atoms with E-state index in [-0.39, 0.29) is 16.8 Å². The van der Waals surface area contributed by atoms with Gasteiger partial charge in [0.05, 0.1) is 12.4 Å². The van der Waals surface area contributed by atoms with Gasteiger partial charge in [0.15, 0.2) is 0 Å². The highest BCUT2D eigenvalue weighted by atomic mass is 35.5. The highest BCUT2D eigenvalue weighted by Gasteiger charge is 2.10. The Labute approximate surface area is 103 Å². The standard InChI is InChI=1S/C11H11ClN4O/c1-7-3-4-8(2)16(7)15-11(17)9-5-14-10(12)6-13-9/h3-6H,1-2H3,(H,15,17). The molecule has 0 unspecified atom stereocenters. The molecule has 2 aromatic rings. The molecule has 2 heterocycles. The number of aromatic nitrogens is 3. The summed E-state index contributed by atoms with van der Waals surface area (Å²) in [6, 6.07) is 3.84. The van der Waals surface area contributed by atoms with E-state index in [1.54, 1.807) is 4.68 Å². The molecule has 0 bridgehead atoms. The van der Waals surface area contributed by atoms with Crippen molar-refractivity contribution < 1.29 is 4.79 Å². The summed E-state index contributed by atoms with van der Waals surface area (Å²) in [6.45, 7) is 3.81. The Kier molecular flexibility index (Phi) is 3.10. The number of nitrogens with one attached hydrogen (secondary N) is 1. The third-order valence-corrected chi connectivity index (χ3v) is 2.53. The first-order valence-corrected chi connectivity index (χ1v) is 5.39. The quantitative estimate of drug-likeness (QED) is 0.886. The summed E-state index contributed by atoms with van der Waals surface area (Å²) in [4.78, 5) is 19.6. The summed E-state index contributed by atoms with van der Waals surface area (Å²) in [5, 5.41) is 0.259. The molecule has 0 aliphatic carbocycles. The zero-order valence-corrected chi connectivity index (χ0v) is 10.2. The zero-order chi connectivity index (χ0) is 12.4. The molecule has 6 heteroatoms. The maximum Gasteiger partial charge on any atom is 0.290 e. The van der Waals surface area contributed by atoms with Crippen LogP contribution in [0.2, 0.25) is 5.15 Å². The topological polar surface area (TPSA) is 59.8 Å². The van der Waals surface area contributed by atoms with Crippen LogP contribution < -0.4 is 5.43 Å². The Morgan fingerprint density at radius 1 is 1.24 bits per heavy atom. The lowest BCUT2D eigenvalue weighted by molar-refractivity contribution is 0.100. The number of rotatable bonds is 2. The fraction of sp³-hybridized carbons (Fsp3) is 0.182. The van der Waals surface area contributed by atoms with Gasteiger partial charge in [-0.3, -0.25) is 14.9 Å². The van der Waals surface area contributed by atoms with Gasteiger partial charge < -0.3 is 0 Å². The van der Waals surface area contributed by atoms with Gasteiger partial charge in [0.2, 0.25) is 0 Å². The molecule has 0 saturated carbocycles. The molecule has 0 aliphatic heterocycles. The van der Waals surface area contributed by atoms with Crippen molar-refractivity contribution in [2.45, 2.75) is 13.8 Å². The molecule has 0 aromatic carbocycles. The van der Waals surface area contributed by atoms with Gasteiger partial charge >= 0.3 is 0 Å². The van der Waals surface area contributed by atoms with E-state index in [4.69, 9.17) is 11.6 Å². The number of aryl methyl sites for hydroxylation is 2. The number of nitrogens with zero attached hydrogens (tertiary/aromatic N) is 3. The molecule has 0 radical (unpaired) electrons. The monoisotopic (exact) mass is 250 g/mol. The van der Waals surface area contributed by atoms with Crippen LogP contribution in [0.15, 0.2) is 24.5 Å². The summed E-state index contributed by atoms with van der Waals surface area (Å²) in [7, 11) is 0. The van der Waals surface area contributed by atoms with Gasteiger partial charge in [-0.25, -0.2) is 9.97 Å². The molecule has 2 aromatic heterocycles. The van der Waals surface area contributed by atoms with Crippen LogP contribution >= 0.6 is 11.6 Å². The SMILES string of the molecule is Cc1ccc(C)n1NC(=O)c1cnc(Cl)cn1. The predicted molar refractivity (Wildman–Crippen MR) is 64.6 cm³/mol. The van der Waals surface area contributed by atoms with Gasteiger partial charge in [-0.15, -0.1) is 0 Å². The van der Waals surface area contributed by atoms with Crippen LogP contribution in [-0.4, -0.2) is 20.6 Å². The van der Waals surface area contributed by atoms with Crippen LogP contribution in [0, 0.1) is 13.8 Å². The van der Waals surface area contributed by atoms with E-state index in [0.29, 0.717) is 0 Å². The lowest BCUT2D eigenvalue weighted by Crippen LogP contribution is -2.25. The number of carbonyl (C=O) groups excluding carboxylic acids is 1. The number of hydrogen-bond acceptors (Lipinski definition) is 3. The van der Waals surface area contributed by atoms with Gasteiger partial charge in [0.1, 0.15) is 10.8 Å². The summed E-state index contributed by atoms with van der Waals surface area (Å²) in [5.41, 5.74) is 4.84. The maximum absolute atomic E-state index is 11.9. The summed E-state index contributed by atoms with van der Waals surface area (Å²) < 4.78 is 1.69. The van der Waals surface area contributed by atoms with Gasteiger partial charge in [-0.1, -0.05) is 11.6 Å². The van der Waals surface area contributed by atoms with E-state index in [1.165, 1.54) is 12.4 Å². The molecular weight excluding hydrogens is 240 g/mol.